The molecule has 4 heteroatoms. The van der Waals surface area contributed by atoms with E-state index in [4.69, 9.17) is 9.84 Å². The number of hydrogen-bond donors (Lipinski definition) is 2. The zero-order chi connectivity index (χ0) is 14.8. The van der Waals surface area contributed by atoms with Crippen LogP contribution in [0.4, 0.5) is 4.79 Å². The highest BCUT2D eigenvalue weighted by Gasteiger charge is 2.28. The standard InChI is InChI=1S/C17H17NO3/c1-11(19)18-17(20)21-10-16-14-8-4-2-6-12(14)13-7-3-5-9-15(13)16/h2-9,11,16,19H,10H2,1H3,(H,18,20). The maximum atomic E-state index is 11.5. The summed E-state index contributed by atoms with van der Waals surface area (Å²) in [6.45, 7) is 1.73. The molecular weight excluding hydrogens is 266 g/mol. The molecule has 2 N–H and O–H groups in total. The Morgan fingerprint density at radius 2 is 1.67 bits per heavy atom. The molecule has 3 rings (SSSR count). The molecule has 1 aliphatic carbocycles. The maximum absolute atomic E-state index is 11.5. The van der Waals surface area contributed by atoms with Gasteiger partial charge in [-0.1, -0.05) is 48.5 Å². The third-order valence-corrected chi connectivity index (χ3v) is 3.67. The number of rotatable bonds is 3. The van der Waals surface area contributed by atoms with Gasteiger partial charge in [0.25, 0.3) is 0 Å². The summed E-state index contributed by atoms with van der Waals surface area (Å²) < 4.78 is 5.24. The fourth-order valence-corrected chi connectivity index (χ4v) is 2.81. The second kappa shape index (κ2) is 5.58. The number of alkyl carbamates (subject to hydrolysis) is 1. The van der Waals surface area contributed by atoms with Crippen LogP contribution < -0.4 is 5.32 Å². The second-order valence-electron chi connectivity index (χ2n) is 5.15. The number of hydrogen-bond acceptors (Lipinski definition) is 3. The molecule has 1 amide bonds. The molecule has 108 valence electrons. The Morgan fingerprint density at radius 3 is 2.19 bits per heavy atom. The van der Waals surface area contributed by atoms with E-state index >= 15 is 0 Å². The first-order chi connectivity index (χ1) is 10.2. The predicted octanol–water partition coefficient (Wildman–Crippen LogP) is 2.86. The molecule has 1 unspecified atom stereocenters. The summed E-state index contributed by atoms with van der Waals surface area (Å²) in [4.78, 5) is 11.5. The van der Waals surface area contributed by atoms with Crippen LogP contribution in [0.5, 0.6) is 0 Å². The monoisotopic (exact) mass is 283 g/mol. The van der Waals surface area contributed by atoms with Crippen molar-refractivity contribution in [3.63, 3.8) is 0 Å². The van der Waals surface area contributed by atoms with Gasteiger partial charge < -0.3 is 9.84 Å². The molecule has 0 fully saturated rings. The quantitative estimate of drug-likeness (QED) is 0.852. The molecule has 2 aromatic carbocycles. The summed E-state index contributed by atoms with van der Waals surface area (Å²) >= 11 is 0. The van der Waals surface area contributed by atoms with Gasteiger partial charge >= 0.3 is 6.09 Å². The number of benzene rings is 2. The number of carbonyl (C=O) groups is 1. The first kappa shape index (κ1) is 13.6. The van der Waals surface area contributed by atoms with Gasteiger partial charge in [0.1, 0.15) is 12.8 Å². The number of aliphatic hydroxyl groups excluding tert-OH is 1. The number of aliphatic hydroxyl groups is 1. The Labute approximate surface area is 123 Å². The van der Waals surface area contributed by atoms with Crippen LogP contribution in [0.25, 0.3) is 11.1 Å². The van der Waals surface area contributed by atoms with Gasteiger partial charge in [0.2, 0.25) is 0 Å². The first-order valence-electron chi connectivity index (χ1n) is 6.96. The molecule has 1 aliphatic rings. The van der Waals surface area contributed by atoms with Crippen molar-refractivity contribution in [2.45, 2.75) is 19.1 Å². The molecule has 4 nitrogen and oxygen atoms in total. The lowest BCUT2D eigenvalue weighted by Crippen LogP contribution is -2.33. The predicted molar refractivity (Wildman–Crippen MR) is 79.9 cm³/mol. The van der Waals surface area contributed by atoms with E-state index in [1.807, 2.05) is 24.3 Å². The van der Waals surface area contributed by atoms with Gasteiger partial charge in [-0.15, -0.1) is 0 Å². The van der Waals surface area contributed by atoms with Gasteiger partial charge in [0, 0.05) is 5.92 Å². The highest BCUT2D eigenvalue weighted by Crippen LogP contribution is 2.44. The molecule has 0 spiro atoms. The number of amides is 1. The van der Waals surface area contributed by atoms with Crippen LogP contribution in [-0.4, -0.2) is 24.0 Å². The lowest BCUT2D eigenvalue weighted by Gasteiger charge is -2.15. The molecule has 1 atom stereocenters. The SMILES string of the molecule is CC(O)NC(=O)OCC1c2ccccc2-c2ccccc21. The molecule has 0 bridgehead atoms. The summed E-state index contributed by atoms with van der Waals surface area (Å²) in [7, 11) is 0. The van der Waals surface area contributed by atoms with Gasteiger partial charge in [0.15, 0.2) is 0 Å². The Morgan fingerprint density at radius 1 is 1.14 bits per heavy atom. The van der Waals surface area contributed by atoms with Crippen LogP contribution in [0.1, 0.15) is 24.0 Å². The van der Waals surface area contributed by atoms with E-state index in [0.717, 1.165) is 0 Å². The maximum Gasteiger partial charge on any atom is 0.409 e. The van der Waals surface area contributed by atoms with Gasteiger partial charge in [-0.2, -0.15) is 0 Å². The van der Waals surface area contributed by atoms with Crippen molar-refractivity contribution < 1.29 is 14.6 Å². The van der Waals surface area contributed by atoms with E-state index in [1.54, 1.807) is 0 Å². The molecule has 21 heavy (non-hydrogen) atoms. The molecule has 2 aromatic rings. The summed E-state index contributed by atoms with van der Waals surface area (Å²) in [5.41, 5.74) is 4.72. The number of ether oxygens (including phenoxy) is 1. The third kappa shape index (κ3) is 2.62. The highest BCUT2D eigenvalue weighted by atomic mass is 16.6. The van der Waals surface area contributed by atoms with E-state index in [2.05, 4.69) is 29.6 Å². The smallest absolute Gasteiger partial charge is 0.409 e. The van der Waals surface area contributed by atoms with Crippen molar-refractivity contribution in [1.29, 1.82) is 0 Å². The molecule has 0 aromatic heterocycles. The zero-order valence-electron chi connectivity index (χ0n) is 11.7. The van der Waals surface area contributed by atoms with E-state index in [9.17, 15) is 4.79 Å². The summed E-state index contributed by atoms with van der Waals surface area (Å²) in [5.74, 6) is 0.0390. The molecule has 0 saturated carbocycles. The minimum atomic E-state index is -0.916. The topological polar surface area (TPSA) is 58.6 Å². The lowest BCUT2D eigenvalue weighted by molar-refractivity contribution is 0.105. The molecular formula is C17H17NO3. The van der Waals surface area contributed by atoms with Crippen molar-refractivity contribution in [3.8, 4) is 11.1 Å². The number of carbonyl (C=O) groups excluding carboxylic acids is 1. The van der Waals surface area contributed by atoms with Crippen molar-refractivity contribution in [1.82, 2.24) is 5.32 Å². The minimum Gasteiger partial charge on any atom is -0.448 e. The van der Waals surface area contributed by atoms with Crippen LogP contribution in [0.15, 0.2) is 48.5 Å². The van der Waals surface area contributed by atoms with E-state index < -0.39 is 12.3 Å². The minimum absolute atomic E-state index is 0.0390. The van der Waals surface area contributed by atoms with E-state index in [1.165, 1.54) is 29.2 Å². The van der Waals surface area contributed by atoms with Gasteiger partial charge in [-0.05, 0) is 29.2 Å². The van der Waals surface area contributed by atoms with Crippen molar-refractivity contribution in [2.75, 3.05) is 6.61 Å². The summed E-state index contributed by atoms with van der Waals surface area (Å²) in [5, 5.41) is 11.4. The van der Waals surface area contributed by atoms with Crippen molar-refractivity contribution >= 4 is 6.09 Å². The van der Waals surface area contributed by atoms with Gasteiger partial charge in [-0.25, -0.2) is 4.79 Å². The Bertz CT molecular complexity index is 621. The molecule has 0 saturated heterocycles. The highest BCUT2D eigenvalue weighted by molar-refractivity contribution is 5.79. The molecule has 0 aliphatic heterocycles. The van der Waals surface area contributed by atoms with Crippen LogP contribution >= 0.6 is 0 Å². The van der Waals surface area contributed by atoms with Gasteiger partial charge in [0.05, 0.1) is 0 Å². The van der Waals surface area contributed by atoms with Gasteiger partial charge in [-0.3, -0.25) is 5.32 Å². The molecule has 0 heterocycles. The van der Waals surface area contributed by atoms with Crippen LogP contribution in [-0.2, 0) is 4.74 Å². The third-order valence-electron chi connectivity index (χ3n) is 3.67. The summed E-state index contributed by atoms with van der Waals surface area (Å²) in [6, 6.07) is 16.3. The van der Waals surface area contributed by atoms with Crippen molar-refractivity contribution in [3.05, 3.63) is 59.7 Å². The fourth-order valence-electron chi connectivity index (χ4n) is 2.81. The average molecular weight is 283 g/mol. The largest absolute Gasteiger partial charge is 0.448 e. The normalized spacial score (nSPS) is 14.2. The van der Waals surface area contributed by atoms with E-state index in [0.29, 0.717) is 0 Å². The fraction of sp³-hybridized carbons (Fsp3) is 0.235. The Kier molecular flexibility index (Phi) is 3.62. The number of fused-ring (bicyclic) bond motifs is 3. The summed E-state index contributed by atoms with van der Waals surface area (Å²) in [6.07, 6.45) is -1.52. The number of nitrogens with one attached hydrogen (secondary N) is 1. The zero-order valence-corrected chi connectivity index (χ0v) is 11.7. The van der Waals surface area contributed by atoms with Crippen LogP contribution in [0.3, 0.4) is 0 Å². The average Bonchev–Trinajstić information content (AvgIpc) is 2.79. The van der Waals surface area contributed by atoms with Crippen LogP contribution in [0, 0.1) is 0 Å². The molecule has 0 radical (unpaired) electrons. The van der Waals surface area contributed by atoms with E-state index in [-0.39, 0.29) is 12.5 Å². The second-order valence-corrected chi connectivity index (χ2v) is 5.15. The Balaban J connectivity index is 1.84. The van der Waals surface area contributed by atoms with Crippen LogP contribution in [0.2, 0.25) is 0 Å². The lowest BCUT2D eigenvalue weighted by atomic mass is 9.98. The van der Waals surface area contributed by atoms with Crippen molar-refractivity contribution in [2.24, 2.45) is 0 Å². The Hall–Kier alpha value is -2.33. The first-order valence-corrected chi connectivity index (χ1v) is 6.96.